The number of likely N-dealkylation sites (tertiary alicyclic amines) is 1. The molecular weight excluding hydrogens is 338 g/mol. The van der Waals surface area contributed by atoms with Gasteiger partial charge in [0.05, 0.1) is 18.8 Å². The number of amides is 1. The van der Waals surface area contributed by atoms with Crippen LogP contribution in [0.2, 0.25) is 0 Å². The zero-order valence-corrected chi connectivity index (χ0v) is 17.6. The van der Waals surface area contributed by atoms with Gasteiger partial charge in [0.2, 0.25) is 5.91 Å². The highest BCUT2D eigenvalue weighted by Gasteiger charge is 2.64. The number of hydrogen-bond donors (Lipinski definition) is 0. The Morgan fingerprint density at radius 1 is 1.22 bits per heavy atom. The van der Waals surface area contributed by atoms with Crippen LogP contribution in [-0.4, -0.2) is 49.8 Å². The summed E-state index contributed by atoms with van der Waals surface area (Å²) in [7, 11) is 3.91. The van der Waals surface area contributed by atoms with Crippen LogP contribution in [0.1, 0.15) is 58.8 Å². The molecule has 152 valence electrons. The third kappa shape index (κ3) is 2.73. The maximum absolute atomic E-state index is 12.3. The van der Waals surface area contributed by atoms with Crippen molar-refractivity contribution < 1.29 is 14.3 Å². The molecule has 0 bridgehead atoms. The lowest BCUT2D eigenvalue weighted by atomic mass is 9.47. The van der Waals surface area contributed by atoms with Crippen molar-refractivity contribution in [2.75, 3.05) is 20.8 Å². The number of nitrogens with zero attached hydrogens (tertiary/aromatic N) is 1. The van der Waals surface area contributed by atoms with E-state index in [-0.39, 0.29) is 16.9 Å². The predicted molar refractivity (Wildman–Crippen MR) is 106 cm³/mol. The minimum absolute atomic E-state index is 0.199. The third-order valence-electron chi connectivity index (χ3n) is 9.15. The summed E-state index contributed by atoms with van der Waals surface area (Å²) in [5.74, 6) is 2.29. The fourth-order valence-corrected chi connectivity index (χ4v) is 7.82. The molecule has 0 N–H and O–H groups in total. The van der Waals surface area contributed by atoms with Crippen LogP contribution in [0, 0.1) is 28.6 Å². The topological polar surface area (TPSA) is 38.8 Å². The summed E-state index contributed by atoms with van der Waals surface area (Å²) in [5, 5.41) is 0. The van der Waals surface area contributed by atoms with Gasteiger partial charge in [0, 0.05) is 33.0 Å². The average Bonchev–Trinajstić information content (AvgIpc) is 2.95. The molecule has 8 atom stereocenters. The van der Waals surface area contributed by atoms with Gasteiger partial charge >= 0.3 is 0 Å². The average molecular weight is 376 g/mol. The Morgan fingerprint density at radius 3 is 2.70 bits per heavy atom. The highest BCUT2D eigenvalue weighted by atomic mass is 16.5. The van der Waals surface area contributed by atoms with E-state index in [1.165, 1.54) is 19.3 Å². The fourth-order valence-electron chi connectivity index (χ4n) is 7.82. The summed E-state index contributed by atoms with van der Waals surface area (Å²) in [6.07, 6.45) is 10.0. The van der Waals surface area contributed by atoms with E-state index < -0.39 is 0 Å². The SMILES string of the molecule is C=CCO[C@H]1C[C@@H](OC)C2C3CC[C@H]4N(C)C(=O)CC[C@]4(C)C3CC[C@@]21C. The standard InChI is InChI=1S/C23H37NO3/c1-6-13-27-19-14-17(26-5)21-15-7-8-18-22(2,12-10-20(25)24(18)4)16(15)9-11-23(19,21)3/h6,15-19,21H,1,7-14H2,2-5H3/t15?,16?,17-,18-,19+,21?,22-,23-/m1/s1. The molecule has 0 spiro atoms. The molecule has 3 aliphatic carbocycles. The number of carbonyl (C=O) groups is 1. The van der Waals surface area contributed by atoms with E-state index in [2.05, 4.69) is 25.3 Å². The maximum atomic E-state index is 12.3. The second-order valence-electron chi connectivity index (χ2n) is 10.1. The molecule has 3 unspecified atom stereocenters. The zero-order chi connectivity index (χ0) is 19.4. The zero-order valence-electron chi connectivity index (χ0n) is 17.6. The Hall–Kier alpha value is -0.870. The molecule has 4 fully saturated rings. The minimum atomic E-state index is 0.199. The molecule has 4 nitrogen and oxygen atoms in total. The van der Waals surface area contributed by atoms with Gasteiger partial charge < -0.3 is 14.4 Å². The lowest BCUT2D eigenvalue weighted by Gasteiger charge is -2.62. The number of methoxy groups -OCH3 is 1. The number of carbonyl (C=O) groups excluding carboxylic acids is 1. The van der Waals surface area contributed by atoms with E-state index in [4.69, 9.17) is 9.47 Å². The number of hydrogen-bond acceptors (Lipinski definition) is 3. The molecule has 3 saturated carbocycles. The van der Waals surface area contributed by atoms with Crippen molar-refractivity contribution >= 4 is 5.91 Å². The van der Waals surface area contributed by atoms with Crippen LogP contribution in [0.15, 0.2) is 12.7 Å². The summed E-state index contributed by atoms with van der Waals surface area (Å²) in [5.41, 5.74) is 0.454. The molecule has 4 rings (SSSR count). The van der Waals surface area contributed by atoms with E-state index in [1.807, 2.05) is 20.2 Å². The molecule has 1 saturated heterocycles. The Balaban J connectivity index is 1.64. The van der Waals surface area contributed by atoms with Crippen LogP contribution in [0.3, 0.4) is 0 Å². The highest BCUT2D eigenvalue weighted by Crippen LogP contribution is 2.65. The Kier molecular flexibility index (Phi) is 4.95. The van der Waals surface area contributed by atoms with Crippen LogP contribution >= 0.6 is 0 Å². The van der Waals surface area contributed by atoms with Crippen molar-refractivity contribution in [1.82, 2.24) is 4.90 Å². The first-order chi connectivity index (χ1) is 12.9. The number of ether oxygens (including phenoxy) is 2. The van der Waals surface area contributed by atoms with Gasteiger partial charge in [-0.05, 0) is 60.7 Å². The molecule has 0 radical (unpaired) electrons. The summed E-state index contributed by atoms with van der Waals surface area (Å²) in [6.45, 7) is 9.39. The second kappa shape index (κ2) is 6.88. The lowest BCUT2D eigenvalue weighted by molar-refractivity contribution is -0.166. The summed E-state index contributed by atoms with van der Waals surface area (Å²) >= 11 is 0. The van der Waals surface area contributed by atoms with Crippen molar-refractivity contribution in [2.24, 2.45) is 28.6 Å². The van der Waals surface area contributed by atoms with E-state index >= 15 is 0 Å². The molecule has 0 aromatic carbocycles. The van der Waals surface area contributed by atoms with E-state index in [0.717, 1.165) is 19.3 Å². The van der Waals surface area contributed by atoms with Gasteiger partial charge in [-0.3, -0.25) is 4.79 Å². The van der Waals surface area contributed by atoms with E-state index in [0.29, 0.717) is 48.8 Å². The minimum Gasteiger partial charge on any atom is -0.381 e. The summed E-state index contributed by atoms with van der Waals surface area (Å²) in [4.78, 5) is 14.4. The smallest absolute Gasteiger partial charge is 0.222 e. The van der Waals surface area contributed by atoms with Crippen molar-refractivity contribution in [2.45, 2.75) is 77.0 Å². The van der Waals surface area contributed by atoms with E-state index in [9.17, 15) is 4.79 Å². The van der Waals surface area contributed by atoms with Crippen LogP contribution in [0.5, 0.6) is 0 Å². The largest absolute Gasteiger partial charge is 0.381 e. The van der Waals surface area contributed by atoms with Crippen molar-refractivity contribution in [3.63, 3.8) is 0 Å². The number of piperidine rings is 1. The second-order valence-corrected chi connectivity index (χ2v) is 10.1. The molecule has 1 aliphatic heterocycles. The number of rotatable bonds is 4. The van der Waals surface area contributed by atoms with Crippen LogP contribution < -0.4 is 0 Å². The Labute approximate surface area is 164 Å². The van der Waals surface area contributed by atoms with Gasteiger partial charge in [0.15, 0.2) is 0 Å². The maximum Gasteiger partial charge on any atom is 0.222 e. The van der Waals surface area contributed by atoms with Gasteiger partial charge in [0.1, 0.15) is 0 Å². The first-order valence-electron chi connectivity index (χ1n) is 10.9. The monoisotopic (exact) mass is 375 g/mol. The van der Waals surface area contributed by atoms with E-state index in [1.54, 1.807) is 0 Å². The van der Waals surface area contributed by atoms with Crippen LogP contribution in [-0.2, 0) is 14.3 Å². The molecule has 0 aromatic heterocycles. The van der Waals surface area contributed by atoms with Crippen molar-refractivity contribution in [3.8, 4) is 0 Å². The van der Waals surface area contributed by atoms with Gasteiger partial charge in [-0.15, -0.1) is 6.58 Å². The molecule has 0 aromatic rings. The Bertz CT molecular complexity index is 606. The lowest BCUT2D eigenvalue weighted by Crippen LogP contribution is -2.62. The molecule has 27 heavy (non-hydrogen) atoms. The fraction of sp³-hybridized carbons (Fsp3) is 0.870. The number of fused-ring (bicyclic) bond motifs is 5. The normalized spacial score (nSPS) is 49.3. The van der Waals surface area contributed by atoms with Crippen LogP contribution in [0.4, 0.5) is 0 Å². The quantitative estimate of drug-likeness (QED) is 0.696. The van der Waals surface area contributed by atoms with Crippen LogP contribution in [0.25, 0.3) is 0 Å². The third-order valence-corrected chi connectivity index (χ3v) is 9.15. The van der Waals surface area contributed by atoms with Gasteiger partial charge in [-0.2, -0.15) is 0 Å². The summed E-state index contributed by atoms with van der Waals surface area (Å²) < 4.78 is 12.3. The van der Waals surface area contributed by atoms with Crippen molar-refractivity contribution in [1.29, 1.82) is 0 Å². The van der Waals surface area contributed by atoms with Gasteiger partial charge in [-0.1, -0.05) is 19.9 Å². The summed E-state index contributed by atoms with van der Waals surface area (Å²) in [6, 6.07) is 0.416. The Morgan fingerprint density at radius 2 is 2.00 bits per heavy atom. The molecule has 1 amide bonds. The highest BCUT2D eigenvalue weighted by molar-refractivity contribution is 5.77. The van der Waals surface area contributed by atoms with Gasteiger partial charge in [-0.25, -0.2) is 0 Å². The van der Waals surface area contributed by atoms with Gasteiger partial charge in [0.25, 0.3) is 0 Å². The molecule has 4 aliphatic rings. The molecule has 1 heterocycles. The first-order valence-corrected chi connectivity index (χ1v) is 10.9. The van der Waals surface area contributed by atoms with Crippen molar-refractivity contribution in [3.05, 3.63) is 12.7 Å². The molecular formula is C23H37NO3. The first kappa shape index (κ1) is 19.4. The molecule has 4 heteroatoms. The predicted octanol–water partition coefficient (Wildman–Crippen LogP) is 4.05.